The van der Waals surface area contributed by atoms with Crippen LogP contribution in [-0.2, 0) is 16.0 Å². The summed E-state index contributed by atoms with van der Waals surface area (Å²) in [6.07, 6.45) is 10.9. The molecule has 7 nitrogen and oxygen atoms in total. The highest BCUT2D eigenvalue weighted by Crippen LogP contribution is 2.34. The van der Waals surface area contributed by atoms with E-state index in [1.165, 1.54) is 25.7 Å². The first kappa shape index (κ1) is 32.0. The Hall–Kier alpha value is -2.57. The molecule has 1 saturated heterocycles. The van der Waals surface area contributed by atoms with Gasteiger partial charge in [-0.1, -0.05) is 53.4 Å². The highest BCUT2D eigenvalue weighted by atomic mass is 16.5. The maximum absolute atomic E-state index is 14.0. The van der Waals surface area contributed by atoms with Gasteiger partial charge in [0, 0.05) is 36.3 Å². The summed E-state index contributed by atoms with van der Waals surface area (Å²) in [6, 6.07) is 3.41. The maximum Gasteiger partial charge on any atom is 0.245 e. The van der Waals surface area contributed by atoms with E-state index in [2.05, 4.69) is 19.2 Å². The van der Waals surface area contributed by atoms with Crippen molar-refractivity contribution in [2.24, 2.45) is 17.3 Å². The molecule has 1 aliphatic carbocycles. The lowest BCUT2D eigenvalue weighted by molar-refractivity contribution is -0.143. The molecule has 1 aliphatic heterocycles. The van der Waals surface area contributed by atoms with Crippen LogP contribution in [0, 0.1) is 22.7 Å². The van der Waals surface area contributed by atoms with Gasteiger partial charge in [-0.2, -0.15) is 0 Å². The zero-order valence-electron chi connectivity index (χ0n) is 26.0. The fraction of sp³-hybridized carbons (Fsp3) is 0.727. The van der Waals surface area contributed by atoms with Crippen LogP contribution < -0.4 is 14.8 Å². The Kier molecular flexibility index (Phi) is 11.5. The summed E-state index contributed by atoms with van der Waals surface area (Å²) in [5, 5.41) is 12.1. The summed E-state index contributed by atoms with van der Waals surface area (Å²) in [5.41, 5.74) is 1.95. The molecule has 2 aliphatic rings. The van der Waals surface area contributed by atoms with Gasteiger partial charge in [0.05, 0.1) is 14.2 Å². The molecule has 7 heteroatoms. The van der Waals surface area contributed by atoms with Gasteiger partial charge >= 0.3 is 0 Å². The van der Waals surface area contributed by atoms with E-state index in [1.807, 2.05) is 37.8 Å². The Morgan fingerprint density at radius 2 is 1.62 bits per heavy atom. The molecule has 0 radical (unpaired) electrons. The highest BCUT2D eigenvalue weighted by Gasteiger charge is 2.39. The van der Waals surface area contributed by atoms with Crippen LogP contribution in [0.3, 0.4) is 0 Å². The second-order valence-electron chi connectivity index (χ2n) is 13.1. The van der Waals surface area contributed by atoms with Crippen LogP contribution in [0.2, 0.25) is 0 Å². The second kappa shape index (κ2) is 14.4. The molecule has 0 bridgehead atoms. The van der Waals surface area contributed by atoms with Gasteiger partial charge in [0.25, 0.3) is 0 Å². The van der Waals surface area contributed by atoms with Gasteiger partial charge in [0.2, 0.25) is 11.8 Å². The molecule has 1 aromatic rings. The molecule has 1 heterocycles. The third-order valence-corrected chi connectivity index (χ3v) is 8.93. The fourth-order valence-electron chi connectivity index (χ4n) is 6.40. The van der Waals surface area contributed by atoms with Crippen molar-refractivity contribution in [2.45, 2.75) is 117 Å². The van der Waals surface area contributed by atoms with Gasteiger partial charge < -0.3 is 25.1 Å². The summed E-state index contributed by atoms with van der Waals surface area (Å²) in [7, 11) is 3.27. The van der Waals surface area contributed by atoms with E-state index >= 15 is 0 Å². The number of carbonyl (C=O) groups is 2. The Labute approximate surface area is 242 Å². The average Bonchev–Trinajstić information content (AvgIpc) is 3.19. The maximum atomic E-state index is 14.0. The minimum Gasteiger partial charge on any atom is -0.496 e. The van der Waals surface area contributed by atoms with Crippen molar-refractivity contribution in [3.63, 3.8) is 0 Å². The first-order valence-corrected chi connectivity index (χ1v) is 15.4. The van der Waals surface area contributed by atoms with E-state index in [4.69, 9.17) is 14.9 Å². The number of nitrogens with one attached hydrogen (secondary N) is 2. The third kappa shape index (κ3) is 8.23. The number of amides is 2. The number of aryl methyl sites for hydroxylation is 1. The number of rotatable bonds is 10. The number of benzene rings is 1. The standard InChI is InChI=1S/C33H53N3O4/c1-8-25-19-26(29(40-7)20-28(25)39-6)27(34)17-24-16-15-22(2)36(21-24)32(38)31(33(3,4)5)35-30(37)18-23-13-11-9-10-12-14-23/h19-20,22-24,31,34H,8-18,21H2,1-7H3,(H,35,37). The van der Waals surface area contributed by atoms with Crippen molar-refractivity contribution in [3.05, 3.63) is 23.3 Å². The van der Waals surface area contributed by atoms with E-state index in [1.54, 1.807) is 14.2 Å². The first-order chi connectivity index (χ1) is 19.0. The van der Waals surface area contributed by atoms with Gasteiger partial charge in [-0.25, -0.2) is 0 Å². The van der Waals surface area contributed by atoms with Crippen molar-refractivity contribution < 1.29 is 19.1 Å². The van der Waals surface area contributed by atoms with Crippen molar-refractivity contribution >= 4 is 17.5 Å². The monoisotopic (exact) mass is 555 g/mol. The van der Waals surface area contributed by atoms with Crippen LogP contribution in [0.15, 0.2) is 12.1 Å². The Morgan fingerprint density at radius 3 is 2.20 bits per heavy atom. The summed E-state index contributed by atoms with van der Waals surface area (Å²) < 4.78 is 11.1. The largest absolute Gasteiger partial charge is 0.496 e. The van der Waals surface area contributed by atoms with Crippen LogP contribution >= 0.6 is 0 Å². The van der Waals surface area contributed by atoms with Crippen LogP contribution in [0.1, 0.15) is 110 Å². The Bertz CT molecular complexity index is 1020. The van der Waals surface area contributed by atoms with Crippen LogP contribution in [-0.4, -0.2) is 55.3 Å². The van der Waals surface area contributed by atoms with E-state index in [0.29, 0.717) is 36.8 Å². The molecule has 3 rings (SSSR count). The van der Waals surface area contributed by atoms with E-state index in [0.717, 1.165) is 49.0 Å². The molecule has 0 spiro atoms. The zero-order valence-corrected chi connectivity index (χ0v) is 26.0. The molecule has 2 N–H and O–H groups in total. The molecule has 3 unspecified atom stereocenters. The number of hydrogen-bond acceptors (Lipinski definition) is 5. The number of hydrogen-bond donors (Lipinski definition) is 2. The summed E-state index contributed by atoms with van der Waals surface area (Å²) in [5.74, 6) is 2.01. The smallest absolute Gasteiger partial charge is 0.245 e. The van der Waals surface area contributed by atoms with Crippen LogP contribution in [0.4, 0.5) is 0 Å². The number of nitrogens with zero attached hydrogens (tertiary/aromatic N) is 1. The predicted octanol–water partition coefficient (Wildman–Crippen LogP) is 6.54. The predicted molar refractivity (Wildman–Crippen MR) is 161 cm³/mol. The number of likely N-dealkylation sites (tertiary alicyclic amines) is 1. The number of piperidine rings is 1. The number of methoxy groups -OCH3 is 2. The van der Waals surface area contributed by atoms with Gasteiger partial charge in [-0.15, -0.1) is 0 Å². The first-order valence-electron chi connectivity index (χ1n) is 15.4. The van der Waals surface area contributed by atoms with Crippen molar-refractivity contribution in [2.75, 3.05) is 20.8 Å². The van der Waals surface area contributed by atoms with Gasteiger partial charge in [-0.3, -0.25) is 9.59 Å². The van der Waals surface area contributed by atoms with E-state index in [-0.39, 0.29) is 23.8 Å². The molecule has 3 atom stereocenters. The third-order valence-electron chi connectivity index (χ3n) is 8.93. The average molecular weight is 556 g/mol. The Balaban J connectivity index is 1.71. The molecule has 1 saturated carbocycles. The molecule has 2 fully saturated rings. The topological polar surface area (TPSA) is 91.7 Å². The number of ether oxygens (including phenoxy) is 2. The molecule has 1 aromatic carbocycles. The summed E-state index contributed by atoms with van der Waals surface area (Å²) in [6.45, 7) is 10.9. The number of carbonyl (C=O) groups excluding carboxylic acids is 2. The highest BCUT2D eigenvalue weighted by molar-refractivity contribution is 6.01. The van der Waals surface area contributed by atoms with E-state index < -0.39 is 11.5 Å². The van der Waals surface area contributed by atoms with Gasteiger partial charge in [0.15, 0.2) is 0 Å². The quantitative estimate of drug-likeness (QED) is 0.253. The lowest BCUT2D eigenvalue weighted by Crippen LogP contribution is -2.58. The SMILES string of the molecule is CCc1cc(C(=N)CC2CCC(C)N(C(=O)C(NC(=O)CC3CCCCCC3)C(C)(C)C)C2)c(OC)cc1OC. The minimum absolute atomic E-state index is 0.000689. The van der Waals surface area contributed by atoms with Crippen molar-refractivity contribution in [1.29, 1.82) is 5.41 Å². The minimum atomic E-state index is -0.569. The van der Waals surface area contributed by atoms with Crippen LogP contribution in [0.5, 0.6) is 11.5 Å². The molecule has 2 amide bonds. The normalized spacial score (nSPS) is 21.3. The van der Waals surface area contributed by atoms with Crippen molar-refractivity contribution in [1.82, 2.24) is 10.2 Å². The summed E-state index contributed by atoms with van der Waals surface area (Å²) >= 11 is 0. The lowest BCUT2D eigenvalue weighted by atomic mass is 9.82. The Morgan fingerprint density at radius 1 is 0.975 bits per heavy atom. The van der Waals surface area contributed by atoms with Gasteiger partial charge in [-0.05, 0) is 74.3 Å². The molecule has 0 aromatic heterocycles. The van der Waals surface area contributed by atoms with Crippen LogP contribution in [0.25, 0.3) is 0 Å². The summed E-state index contributed by atoms with van der Waals surface area (Å²) in [4.78, 5) is 29.1. The van der Waals surface area contributed by atoms with Crippen molar-refractivity contribution in [3.8, 4) is 11.5 Å². The molecule has 224 valence electrons. The second-order valence-corrected chi connectivity index (χ2v) is 13.1. The lowest BCUT2D eigenvalue weighted by Gasteiger charge is -2.42. The fourth-order valence-corrected chi connectivity index (χ4v) is 6.40. The van der Waals surface area contributed by atoms with E-state index in [9.17, 15) is 9.59 Å². The van der Waals surface area contributed by atoms with Gasteiger partial charge in [0.1, 0.15) is 17.5 Å². The zero-order chi connectivity index (χ0) is 29.4. The molecule has 40 heavy (non-hydrogen) atoms. The molecular weight excluding hydrogens is 502 g/mol. The molecular formula is C33H53N3O4.